The van der Waals surface area contributed by atoms with Crippen molar-refractivity contribution in [1.82, 2.24) is 0 Å². The lowest BCUT2D eigenvalue weighted by atomic mass is 9.79. The van der Waals surface area contributed by atoms with E-state index >= 15 is 0 Å². The van der Waals surface area contributed by atoms with E-state index in [1.165, 1.54) is 57.8 Å². The molecule has 1 N–H and O–H groups in total. The van der Waals surface area contributed by atoms with E-state index in [2.05, 4.69) is 6.92 Å². The van der Waals surface area contributed by atoms with Crippen LogP contribution in [0.25, 0.3) is 0 Å². The highest BCUT2D eigenvalue weighted by molar-refractivity contribution is 4.76. The molecule has 0 aromatic rings. The first-order valence-electron chi connectivity index (χ1n) is 6.52. The number of rotatable bonds is 8. The number of unbranched alkanes of at least 4 members (excludes halogenated alkanes) is 5. The van der Waals surface area contributed by atoms with E-state index in [0.717, 1.165) is 6.42 Å². The molecule has 14 heavy (non-hydrogen) atoms. The Bertz CT molecular complexity index is 129. The summed E-state index contributed by atoms with van der Waals surface area (Å²) < 4.78 is 0. The molecule has 1 aliphatic rings. The van der Waals surface area contributed by atoms with Crippen LogP contribution in [0.2, 0.25) is 0 Å². The molecule has 0 radical (unpaired) electrons. The molecule has 1 heteroatoms. The predicted octanol–water partition coefficient (Wildman–Crippen LogP) is 3.90. The van der Waals surface area contributed by atoms with Crippen LogP contribution in [-0.4, -0.2) is 11.2 Å². The van der Waals surface area contributed by atoms with Crippen molar-refractivity contribution < 1.29 is 5.11 Å². The third kappa shape index (κ3) is 4.45. The van der Waals surface area contributed by atoms with Gasteiger partial charge in [0.05, 0.1) is 6.10 Å². The second kappa shape index (κ2) is 7.28. The lowest BCUT2D eigenvalue weighted by Crippen LogP contribution is -2.26. The van der Waals surface area contributed by atoms with Crippen LogP contribution in [0.5, 0.6) is 0 Å². The molecule has 1 fully saturated rings. The van der Waals surface area contributed by atoms with Crippen LogP contribution in [0, 0.1) is 5.92 Å². The molecule has 1 atom stereocenters. The zero-order valence-corrected chi connectivity index (χ0v) is 9.67. The molecule has 1 nitrogen and oxygen atoms in total. The third-order valence-electron chi connectivity index (χ3n) is 3.55. The summed E-state index contributed by atoms with van der Waals surface area (Å²) in [4.78, 5) is 0. The Morgan fingerprint density at radius 2 is 1.71 bits per heavy atom. The van der Waals surface area contributed by atoms with Crippen molar-refractivity contribution in [3.05, 3.63) is 0 Å². The first-order valence-corrected chi connectivity index (χ1v) is 6.52. The van der Waals surface area contributed by atoms with E-state index < -0.39 is 0 Å². The van der Waals surface area contributed by atoms with Gasteiger partial charge < -0.3 is 5.11 Å². The summed E-state index contributed by atoms with van der Waals surface area (Å²) in [6.45, 7) is 2.25. The van der Waals surface area contributed by atoms with Gasteiger partial charge in [-0.05, 0) is 25.2 Å². The second-order valence-electron chi connectivity index (χ2n) is 4.81. The fourth-order valence-electron chi connectivity index (χ4n) is 2.19. The van der Waals surface area contributed by atoms with Crippen LogP contribution < -0.4 is 0 Å². The van der Waals surface area contributed by atoms with Crippen molar-refractivity contribution in [1.29, 1.82) is 0 Å². The Labute approximate surface area is 88.9 Å². The number of aliphatic hydroxyl groups is 1. The number of aliphatic hydroxyl groups excluding tert-OH is 1. The van der Waals surface area contributed by atoms with Crippen LogP contribution in [0.15, 0.2) is 0 Å². The Kier molecular flexibility index (Phi) is 6.25. The quantitative estimate of drug-likeness (QED) is 0.586. The van der Waals surface area contributed by atoms with E-state index in [9.17, 15) is 5.11 Å². The molecule has 1 aliphatic carbocycles. The zero-order chi connectivity index (χ0) is 10.2. The average molecular weight is 198 g/mol. The summed E-state index contributed by atoms with van der Waals surface area (Å²) >= 11 is 0. The van der Waals surface area contributed by atoms with Gasteiger partial charge in [0.15, 0.2) is 0 Å². The fourth-order valence-corrected chi connectivity index (χ4v) is 2.19. The second-order valence-corrected chi connectivity index (χ2v) is 4.81. The molecule has 84 valence electrons. The third-order valence-corrected chi connectivity index (χ3v) is 3.55. The van der Waals surface area contributed by atoms with Gasteiger partial charge in [0.2, 0.25) is 0 Å². The molecule has 0 aliphatic heterocycles. The van der Waals surface area contributed by atoms with Gasteiger partial charge in [-0.25, -0.2) is 0 Å². The van der Waals surface area contributed by atoms with Gasteiger partial charge in [-0.3, -0.25) is 0 Å². The van der Waals surface area contributed by atoms with Gasteiger partial charge in [0, 0.05) is 0 Å². The van der Waals surface area contributed by atoms with Crippen molar-refractivity contribution in [3.63, 3.8) is 0 Å². The highest BCUT2D eigenvalue weighted by Gasteiger charge is 2.24. The van der Waals surface area contributed by atoms with Crippen LogP contribution in [0.3, 0.4) is 0 Å². The summed E-state index contributed by atoms with van der Waals surface area (Å²) in [7, 11) is 0. The van der Waals surface area contributed by atoms with Crippen molar-refractivity contribution in [2.75, 3.05) is 0 Å². The largest absolute Gasteiger partial charge is 0.393 e. The molecular formula is C13H26O. The maximum atomic E-state index is 9.77. The van der Waals surface area contributed by atoms with Crippen LogP contribution >= 0.6 is 0 Å². The van der Waals surface area contributed by atoms with E-state index in [1.54, 1.807) is 0 Å². The molecule has 1 rings (SSSR count). The Morgan fingerprint density at radius 3 is 2.29 bits per heavy atom. The first-order chi connectivity index (χ1) is 6.84. The van der Waals surface area contributed by atoms with Gasteiger partial charge in [-0.15, -0.1) is 0 Å². The smallest absolute Gasteiger partial charge is 0.0568 e. The van der Waals surface area contributed by atoms with Gasteiger partial charge in [0.25, 0.3) is 0 Å². The molecular weight excluding hydrogens is 172 g/mol. The molecule has 0 saturated heterocycles. The van der Waals surface area contributed by atoms with E-state index in [-0.39, 0.29) is 6.10 Å². The standard InChI is InChI=1S/C13H26O/c1-2-3-4-5-6-7-11-13(14)12-9-8-10-12/h12-14H,2-11H2,1H3. The predicted molar refractivity (Wildman–Crippen MR) is 61.3 cm³/mol. The van der Waals surface area contributed by atoms with E-state index in [0.29, 0.717) is 5.92 Å². The summed E-state index contributed by atoms with van der Waals surface area (Å²) in [6, 6.07) is 0. The monoisotopic (exact) mass is 198 g/mol. The number of hydrogen-bond acceptors (Lipinski definition) is 1. The van der Waals surface area contributed by atoms with E-state index in [1.807, 2.05) is 0 Å². The normalized spacial score (nSPS) is 19.3. The first kappa shape index (κ1) is 12.0. The van der Waals surface area contributed by atoms with Crippen molar-refractivity contribution in [2.45, 2.75) is 77.2 Å². The average Bonchev–Trinajstić information content (AvgIpc) is 2.08. The summed E-state index contributed by atoms with van der Waals surface area (Å²) in [5.74, 6) is 0.658. The Hall–Kier alpha value is -0.0400. The minimum Gasteiger partial charge on any atom is -0.393 e. The lowest BCUT2D eigenvalue weighted by molar-refractivity contribution is 0.0536. The topological polar surface area (TPSA) is 20.2 Å². The Morgan fingerprint density at radius 1 is 1.07 bits per heavy atom. The summed E-state index contributed by atoms with van der Waals surface area (Å²) in [6.07, 6.45) is 13.0. The molecule has 0 amide bonds. The van der Waals surface area contributed by atoms with Gasteiger partial charge in [-0.1, -0.05) is 51.9 Å². The molecule has 1 saturated carbocycles. The number of hydrogen-bond donors (Lipinski definition) is 1. The van der Waals surface area contributed by atoms with Crippen molar-refractivity contribution >= 4 is 0 Å². The van der Waals surface area contributed by atoms with E-state index in [4.69, 9.17) is 0 Å². The van der Waals surface area contributed by atoms with Crippen LogP contribution in [-0.2, 0) is 0 Å². The minimum atomic E-state index is 0.0231. The maximum absolute atomic E-state index is 9.77. The molecule has 0 aromatic carbocycles. The maximum Gasteiger partial charge on any atom is 0.0568 e. The Balaban J connectivity index is 1.82. The van der Waals surface area contributed by atoms with Gasteiger partial charge >= 0.3 is 0 Å². The molecule has 0 bridgehead atoms. The minimum absolute atomic E-state index is 0.0231. The van der Waals surface area contributed by atoms with Gasteiger partial charge in [0.1, 0.15) is 0 Å². The molecule has 0 aromatic heterocycles. The molecule has 0 heterocycles. The molecule has 0 spiro atoms. The molecule has 1 unspecified atom stereocenters. The summed E-state index contributed by atoms with van der Waals surface area (Å²) in [5.41, 5.74) is 0. The highest BCUT2D eigenvalue weighted by atomic mass is 16.3. The van der Waals surface area contributed by atoms with Crippen molar-refractivity contribution in [3.8, 4) is 0 Å². The highest BCUT2D eigenvalue weighted by Crippen LogP contribution is 2.31. The van der Waals surface area contributed by atoms with Crippen LogP contribution in [0.4, 0.5) is 0 Å². The zero-order valence-electron chi connectivity index (χ0n) is 9.67. The van der Waals surface area contributed by atoms with Gasteiger partial charge in [-0.2, -0.15) is 0 Å². The lowest BCUT2D eigenvalue weighted by Gasteiger charge is -2.30. The summed E-state index contributed by atoms with van der Waals surface area (Å²) in [5, 5.41) is 9.77. The van der Waals surface area contributed by atoms with Crippen molar-refractivity contribution in [2.24, 2.45) is 5.92 Å². The SMILES string of the molecule is CCCCCCCCC(O)C1CCC1. The fraction of sp³-hybridized carbons (Fsp3) is 1.00. The van der Waals surface area contributed by atoms with Crippen LogP contribution in [0.1, 0.15) is 71.1 Å².